The number of aromatic nitrogens is 1. The van der Waals surface area contributed by atoms with E-state index in [2.05, 4.69) is 15.2 Å². The zero-order valence-corrected chi connectivity index (χ0v) is 29.7. The van der Waals surface area contributed by atoms with Crippen molar-refractivity contribution in [2.45, 2.75) is 39.5 Å². The van der Waals surface area contributed by atoms with Gasteiger partial charge >= 0.3 is 0 Å². The van der Waals surface area contributed by atoms with Gasteiger partial charge in [-0.15, -0.1) is 11.3 Å². The number of aryl methyl sites for hydroxylation is 2. The number of Topliss-reactive ketones (excluding diaryl/α,β-unsaturated/α-hetero) is 1. The van der Waals surface area contributed by atoms with Crippen LogP contribution in [0.3, 0.4) is 0 Å². The number of para-hydroxylation sites is 1. The number of hydrogen-bond acceptors (Lipinski definition) is 7. The van der Waals surface area contributed by atoms with E-state index in [0.29, 0.717) is 42.0 Å². The summed E-state index contributed by atoms with van der Waals surface area (Å²) < 4.78 is 5.57. The molecule has 2 aromatic heterocycles. The molecule has 2 fully saturated rings. The molecule has 8 nitrogen and oxygen atoms in total. The Labute approximate surface area is 302 Å². The number of amides is 2. The average molecular weight is 697 g/mol. The second kappa shape index (κ2) is 13.5. The molecule has 0 unspecified atom stereocenters. The summed E-state index contributed by atoms with van der Waals surface area (Å²) in [6, 6.07) is 26.9. The maximum atomic E-state index is 14.0. The van der Waals surface area contributed by atoms with Gasteiger partial charge in [-0.25, -0.2) is 4.98 Å². The predicted molar refractivity (Wildman–Crippen MR) is 202 cm³/mol. The molecule has 9 heteroatoms. The molecule has 3 aromatic carbocycles. The number of carbonyl (C=O) groups is 3. The fourth-order valence-electron chi connectivity index (χ4n) is 7.58. The number of carbonyl (C=O) groups excluding carboxylic acids is 3. The monoisotopic (exact) mass is 696 g/mol. The highest BCUT2D eigenvalue weighted by atomic mass is 32.1. The minimum Gasteiger partial charge on any atom is -0.381 e. The third-order valence-electron chi connectivity index (χ3n) is 10.5. The van der Waals surface area contributed by atoms with Crippen LogP contribution >= 0.6 is 11.3 Å². The zero-order valence-electron chi connectivity index (χ0n) is 28.9. The largest absolute Gasteiger partial charge is 0.381 e. The SMILES string of the molecule is Cc1cnc(N2CC3(CCOCC3)C2)c(C(=O)Nc2ccc(C(=O)N3CCc4cc(C(=O)Cc5ccccc5C)sc4-c4ccccc43)cc2)c1. The molecule has 5 heterocycles. The van der Waals surface area contributed by atoms with Crippen molar-refractivity contribution in [2.24, 2.45) is 5.41 Å². The van der Waals surface area contributed by atoms with Crippen LogP contribution in [0.15, 0.2) is 91.1 Å². The highest BCUT2D eigenvalue weighted by Crippen LogP contribution is 2.43. The molecular weight excluding hydrogens is 657 g/mol. The van der Waals surface area contributed by atoms with Gasteiger partial charge in [0.05, 0.1) is 16.1 Å². The quantitative estimate of drug-likeness (QED) is 0.174. The minimum absolute atomic E-state index is 0.110. The number of nitrogens with one attached hydrogen (secondary N) is 1. The number of rotatable bonds is 7. The molecule has 0 radical (unpaired) electrons. The second-order valence-corrected chi connectivity index (χ2v) is 15.2. The van der Waals surface area contributed by atoms with Gasteiger partial charge in [0.15, 0.2) is 5.78 Å². The number of thiophene rings is 1. The van der Waals surface area contributed by atoms with E-state index in [4.69, 9.17) is 4.74 Å². The molecule has 3 aliphatic rings. The fraction of sp³-hybridized carbons (Fsp3) is 0.286. The summed E-state index contributed by atoms with van der Waals surface area (Å²) in [4.78, 5) is 51.5. The maximum Gasteiger partial charge on any atom is 0.259 e. The number of fused-ring (bicyclic) bond motifs is 3. The lowest BCUT2D eigenvalue weighted by Crippen LogP contribution is -2.59. The molecule has 3 aliphatic heterocycles. The van der Waals surface area contributed by atoms with Gasteiger partial charge in [-0.05, 0) is 97.8 Å². The first-order chi connectivity index (χ1) is 24.8. The van der Waals surface area contributed by atoms with Gasteiger partial charge in [0.1, 0.15) is 5.82 Å². The minimum atomic E-state index is -0.224. The van der Waals surface area contributed by atoms with Crippen LogP contribution in [-0.2, 0) is 17.6 Å². The Morgan fingerprint density at radius 2 is 1.67 bits per heavy atom. The number of ether oxygens (including phenoxy) is 1. The van der Waals surface area contributed by atoms with Crippen molar-refractivity contribution < 1.29 is 19.1 Å². The molecule has 0 bridgehead atoms. The Balaban J connectivity index is 0.974. The van der Waals surface area contributed by atoms with Crippen LogP contribution in [-0.4, -0.2) is 55.4 Å². The van der Waals surface area contributed by atoms with Crippen LogP contribution in [0.4, 0.5) is 17.2 Å². The number of pyridine rings is 1. The van der Waals surface area contributed by atoms with Crippen molar-refractivity contribution in [3.8, 4) is 10.4 Å². The van der Waals surface area contributed by atoms with Gasteiger partial charge in [0, 0.05) is 72.6 Å². The van der Waals surface area contributed by atoms with E-state index in [1.54, 1.807) is 24.3 Å². The summed E-state index contributed by atoms with van der Waals surface area (Å²) in [5, 5.41) is 3.04. The van der Waals surface area contributed by atoms with Crippen molar-refractivity contribution in [2.75, 3.05) is 48.0 Å². The first-order valence-corrected chi connectivity index (χ1v) is 18.4. The Morgan fingerprint density at radius 1 is 0.922 bits per heavy atom. The normalized spacial score (nSPS) is 16.1. The summed E-state index contributed by atoms with van der Waals surface area (Å²) in [5.74, 6) is 0.478. The predicted octanol–water partition coefficient (Wildman–Crippen LogP) is 7.92. The molecule has 0 atom stereocenters. The van der Waals surface area contributed by atoms with Gasteiger partial charge in [-0.2, -0.15) is 0 Å². The number of ketones is 1. The van der Waals surface area contributed by atoms with E-state index in [0.717, 1.165) is 82.4 Å². The van der Waals surface area contributed by atoms with Crippen LogP contribution in [0.1, 0.15) is 65.5 Å². The molecule has 1 spiro atoms. The van der Waals surface area contributed by atoms with E-state index in [1.807, 2.05) is 85.6 Å². The molecule has 51 heavy (non-hydrogen) atoms. The number of benzene rings is 3. The Morgan fingerprint density at radius 3 is 2.45 bits per heavy atom. The number of hydrogen-bond donors (Lipinski definition) is 1. The summed E-state index contributed by atoms with van der Waals surface area (Å²) in [5.41, 5.74) is 7.88. The molecule has 0 aliphatic carbocycles. The standard InChI is InChI=1S/C42H40N4O4S/c1-27-21-34(39(43-24-27)45-25-42(26-45)16-19-50-20-17-42)40(48)44-32-13-11-29(12-14-32)41(49)46-18-15-31-23-37(36(47)22-30-8-4-3-7-28(30)2)51-38(31)33-9-5-6-10-35(33)46/h3-14,21,23-24H,15-20,22,25-26H2,1-2H3,(H,44,48). The van der Waals surface area contributed by atoms with E-state index in [1.165, 1.54) is 11.3 Å². The lowest BCUT2D eigenvalue weighted by atomic mass is 9.73. The van der Waals surface area contributed by atoms with E-state index in [-0.39, 0.29) is 23.0 Å². The first-order valence-electron chi connectivity index (χ1n) is 17.6. The van der Waals surface area contributed by atoms with Gasteiger partial charge < -0.3 is 19.9 Å². The molecule has 0 saturated carbocycles. The highest BCUT2D eigenvalue weighted by Gasteiger charge is 2.45. The lowest BCUT2D eigenvalue weighted by Gasteiger charge is -2.53. The molecule has 5 aromatic rings. The van der Waals surface area contributed by atoms with Crippen molar-refractivity contribution in [3.63, 3.8) is 0 Å². The molecule has 8 rings (SSSR count). The maximum absolute atomic E-state index is 14.0. The molecule has 1 N–H and O–H groups in total. The van der Waals surface area contributed by atoms with Crippen molar-refractivity contribution in [1.82, 2.24) is 4.98 Å². The summed E-state index contributed by atoms with van der Waals surface area (Å²) in [6.07, 6.45) is 4.89. The Bertz CT molecular complexity index is 2140. The van der Waals surface area contributed by atoms with Crippen molar-refractivity contribution >= 4 is 46.1 Å². The molecule has 258 valence electrons. The van der Waals surface area contributed by atoms with E-state index in [9.17, 15) is 14.4 Å². The molecule has 2 amide bonds. The van der Waals surface area contributed by atoms with Gasteiger partial charge in [-0.3, -0.25) is 14.4 Å². The van der Waals surface area contributed by atoms with E-state index >= 15 is 0 Å². The molecular formula is C42H40N4O4S. The second-order valence-electron chi connectivity index (χ2n) is 14.1. The summed E-state index contributed by atoms with van der Waals surface area (Å²) >= 11 is 1.51. The van der Waals surface area contributed by atoms with Crippen LogP contribution in [0.25, 0.3) is 10.4 Å². The fourth-order valence-corrected chi connectivity index (χ4v) is 8.76. The Hall–Kier alpha value is -5.12. The van der Waals surface area contributed by atoms with Crippen molar-refractivity contribution in [3.05, 3.63) is 129 Å². The van der Waals surface area contributed by atoms with Gasteiger partial charge in [0.2, 0.25) is 0 Å². The van der Waals surface area contributed by atoms with Crippen LogP contribution < -0.4 is 15.1 Å². The van der Waals surface area contributed by atoms with Gasteiger partial charge in [0.25, 0.3) is 11.8 Å². The zero-order chi connectivity index (χ0) is 35.1. The first kappa shape index (κ1) is 33.0. The third kappa shape index (κ3) is 6.48. The summed E-state index contributed by atoms with van der Waals surface area (Å²) in [7, 11) is 0. The average Bonchev–Trinajstić information content (AvgIpc) is 3.50. The number of anilines is 3. The molecule has 2 saturated heterocycles. The number of nitrogens with zero attached hydrogens (tertiary/aromatic N) is 3. The third-order valence-corrected chi connectivity index (χ3v) is 11.8. The van der Waals surface area contributed by atoms with Crippen LogP contribution in [0.2, 0.25) is 0 Å². The summed E-state index contributed by atoms with van der Waals surface area (Å²) in [6.45, 7) is 7.80. The van der Waals surface area contributed by atoms with Crippen molar-refractivity contribution in [1.29, 1.82) is 0 Å². The van der Waals surface area contributed by atoms with Crippen LogP contribution in [0.5, 0.6) is 0 Å². The van der Waals surface area contributed by atoms with Gasteiger partial charge in [-0.1, -0.05) is 42.5 Å². The smallest absolute Gasteiger partial charge is 0.259 e. The van der Waals surface area contributed by atoms with E-state index < -0.39 is 0 Å². The Kier molecular flexibility index (Phi) is 8.78. The topological polar surface area (TPSA) is 91.8 Å². The lowest BCUT2D eigenvalue weighted by molar-refractivity contribution is -0.000511. The highest BCUT2D eigenvalue weighted by molar-refractivity contribution is 7.17. The van der Waals surface area contributed by atoms with Crippen LogP contribution in [0, 0.1) is 19.3 Å².